The van der Waals surface area contributed by atoms with Crippen molar-refractivity contribution in [2.75, 3.05) is 12.4 Å². The van der Waals surface area contributed by atoms with Gasteiger partial charge in [0.25, 0.3) is 5.24 Å². The monoisotopic (exact) mass is 394 g/mol. The van der Waals surface area contributed by atoms with E-state index in [1.165, 1.54) is 10.5 Å². The Morgan fingerprint density at radius 1 is 1.46 bits per heavy atom. The first-order valence-corrected chi connectivity index (χ1v) is 9.84. The van der Waals surface area contributed by atoms with Crippen LogP contribution in [-0.2, 0) is 22.6 Å². The van der Waals surface area contributed by atoms with Gasteiger partial charge in [0.05, 0.1) is 0 Å². The SMILES string of the molecule is N[C@@H]1C(=O)N2C(C(=O)Cl)=C(/C=C/C[n+]3ccc(CCCO)cc3)CS[C@H]12. The molecule has 1 saturated heterocycles. The molecule has 0 saturated carbocycles. The Labute approximate surface area is 161 Å². The number of amides is 1. The third-order valence-corrected chi connectivity index (χ3v) is 5.95. The summed E-state index contributed by atoms with van der Waals surface area (Å²) in [5.74, 6) is 0.335. The topological polar surface area (TPSA) is 87.5 Å². The molecule has 3 heterocycles. The van der Waals surface area contributed by atoms with Crippen LogP contribution in [0.2, 0.25) is 0 Å². The summed E-state index contributed by atoms with van der Waals surface area (Å²) in [6.45, 7) is 0.826. The molecule has 1 fully saturated rings. The largest absolute Gasteiger partial charge is 0.396 e. The van der Waals surface area contributed by atoms with Crippen LogP contribution in [0.4, 0.5) is 0 Å². The van der Waals surface area contributed by atoms with Crippen LogP contribution in [0.5, 0.6) is 0 Å². The quantitative estimate of drug-likeness (QED) is 0.404. The average molecular weight is 395 g/mol. The maximum Gasteiger partial charge on any atom is 0.269 e. The fourth-order valence-electron chi connectivity index (χ4n) is 3.02. The number of allylic oxidation sites excluding steroid dienone is 3. The number of thioether (sulfide) groups is 1. The van der Waals surface area contributed by atoms with Crippen LogP contribution in [0.3, 0.4) is 0 Å². The van der Waals surface area contributed by atoms with E-state index in [9.17, 15) is 9.59 Å². The van der Waals surface area contributed by atoms with Crippen LogP contribution in [-0.4, -0.2) is 44.9 Å². The molecular weight excluding hydrogens is 374 g/mol. The number of carbonyl (C=O) groups excluding carboxylic acids is 2. The highest BCUT2D eigenvalue weighted by atomic mass is 35.5. The lowest BCUT2D eigenvalue weighted by Crippen LogP contribution is -2.68. The molecule has 3 rings (SSSR count). The molecule has 0 unspecified atom stereocenters. The Morgan fingerprint density at radius 3 is 2.85 bits per heavy atom. The summed E-state index contributed by atoms with van der Waals surface area (Å²) in [4.78, 5) is 25.2. The van der Waals surface area contributed by atoms with E-state index < -0.39 is 11.3 Å². The zero-order chi connectivity index (χ0) is 18.7. The molecule has 0 bridgehead atoms. The number of hydrogen-bond donors (Lipinski definition) is 2. The molecule has 138 valence electrons. The Morgan fingerprint density at radius 2 is 2.19 bits per heavy atom. The Balaban J connectivity index is 1.68. The summed E-state index contributed by atoms with van der Waals surface area (Å²) >= 11 is 7.26. The van der Waals surface area contributed by atoms with Crippen molar-refractivity contribution in [1.82, 2.24) is 4.90 Å². The fourth-order valence-corrected chi connectivity index (χ4v) is 4.50. The van der Waals surface area contributed by atoms with E-state index in [1.54, 1.807) is 11.8 Å². The zero-order valence-corrected chi connectivity index (χ0v) is 15.7. The zero-order valence-electron chi connectivity index (χ0n) is 14.2. The van der Waals surface area contributed by atoms with Crippen molar-refractivity contribution in [3.63, 3.8) is 0 Å². The molecule has 0 radical (unpaired) electrons. The number of β-lactam (4-membered cyclic amide) rings is 1. The third-order valence-electron chi connectivity index (χ3n) is 4.44. The number of aryl methyl sites for hydroxylation is 1. The van der Waals surface area contributed by atoms with Gasteiger partial charge in [-0.15, -0.1) is 11.8 Å². The second-order valence-electron chi connectivity index (χ2n) is 6.22. The smallest absolute Gasteiger partial charge is 0.269 e. The summed E-state index contributed by atoms with van der Waals surface area (Å²) < 4.78 is 2.01. The van der Waals surface area contributed by atoms with Gasteiger partial charge in [0.1, 0.15) is 17.1 Å². The van der Waals surface area contributed by atoms with Gasteiger partial charge in [0, 0.05) is 24.5 Å². The second kappa shape index (κ2) is 8.35. The number of halogens is 1. The van der Waals surface area contributed by atoms with Crippen molar-refractivity contribution in [2.45, 2.75) is 30.8 Å². The molecule has 8 heteroatoms. The van der Waals surface area contributed by atoms with Gasteiger partial charge in [-0.1, -0.05) is 6.08 Å². The Hall–Kier alpha value is -1.67. The van der Waals surface area contributed by atoms with Crippen LogP contribution in [0.15, 0.2) is 47.9 Å². The van der Waals surface area contributed by atoms with E-state index in [2.05, 4.69) is 0 Å². The molecule has 1 amide bonds. The predicted octanol–water partition coefficient (Wildman–Crippen LogP) is 0.717. The molecule has 0 aliphatic carbocycles. The Kier molecular flexibility index (Phi) is 6.13. The lowest BCUT2D eigenvalue weighted by atomic mass is 10.0. The molecular formula is C18H21ClN3O3S+. The lowest BCUT2D eigenvalue weighted by molar-refractivity contribution is -0.687. The molecule has 2 aliphatic heterocycles. The highest BCUT2D eigenvalue weighted by Gasteiger charge is 2.51. The van der Waals surface area contributed by atoms with Crippen molar-refractivity contribution in [2.24, 2.45) is 5.73 Å². The van der Waals surface area contributed by atoms with Crippen LogP contribution in [0.1, 0.15) is 12.0 Å². The summed E-state index contributed by atoms with van der Waals surface area (Å²) in [6.07, 6.45) is 9.35. The summed E-state index contributed by atoms with van der Waals surface area (Å²) in [5.41, 5.74) is 7.95. The summed E-state index contributed by atoms with van der Waals surface area (Å²) in [6, 6.07) is 3.49. The predicted molar refractivity (Wildman–Crippen MR) is 100 cm³/mol. The normalized spacial score (nSPS) is 22.6. The molecule has 1 aromatic rings. The van der Waals surface area contributed by atoms with E-state index in [0.29, 0.717) is 12.3 Å². The molecule has 1 aromatic heterocycles. The standard InChI is InChI=1S/C18H21ClN3O3S/c19-16(24)15-13(11-26-18-14(20)17(25)22(15)18)4-1-7-21-8-5-12(6-9-21)3-2-10-23/h1,4-6,8-9,14,18,23H,2-3,7,10-11,20H2/q+1/b4-1+/t14-,18-/m1/s1. The van der Waals surface area contributed by atoms with E-state index in [1.807, 2.05) is 41.2 Å². The Bertz CT molecular complexity index is 763. The van der Waals surface area contributed by atoms with Gasteiger partial charge >= 0.3 is 0 Å². The van der Waals surface area contributed by atoms with Gasteiger partial charge in [-0.25, -0.2) is 4.57 Å². The number of rotatable bonds is 7. The van der Waals surface area contributed by atoms with Crippen LogP contribution in [0.25, 0.3) is 0 Å². The van der Waals surface area contributed by atoms with Crippen LogP contribution < -0.4 is 10.3 Å². The molecule has 0 spiro atoms. The highest BCUT2D eigenvalue weighted by molar-refractivity contribution is 8.00. The van der Waals surface area contributed by atoms with Gasteiger partial charge in [-0.05, 0) is 41.7 Å². The number of aliphatic hydroxyl groups excluding tert-OH is 1. The lowest BCUT2D eigenvalue weighted by Gasteiger charge is -2.48. The van der Waals surface area contributed by atoms with Gasteiger partial charge in [0.2, 0.25) is 5.91 Å². The van der Waals surface area contributed by atoms with Crippen LogP contribution in [0, 0.1) is 0 Å². The average Bonchev–Trinajstić information content (AvgIpc) is 2.66. The summed E-state index contributed by atoms with van der Waals surface area (Å²) in [5, 5.41) is 8.04. The molecule has 0 aromatic carbocycles. The highest BCUT2D eigenvalue weighted by Crippen LogP contribution is 2.40. The number of nitrogens with two attached hydrogens (primary N) is 1. The van der Waals surface area contributed by atoms with Gasteiger partial charge < -0.3 is 10.8 Å². The number of aliphatic hydroxyl groups is 1. The van der Waals surface area contributed by atoms with Gasteiger partial charge in [-0.2, -0.15) is 0 Å². The van der Waals surface area contributed by atoms with Crippen molar-refractivity contribution >= 4 is 34.5 Å². The van der Waals surface area contributed by atoms with E-state index in [-0.39, 0.29) is 23.6 Å². The van der Waals surface area contributed by atoms with Crippen molar-refractivity contribution in [3.05, 3.63) is 53.5 Å². The fraction of sp³-hybridized carbons (Fsp3) is 0.389. The van der Waals surface area contributed by atoms with Crippen LogP contribution >= 0.6 is 23.4 Å². The minimum Gasteiger partial charge on any atom is -0.396 e. The molecule has 6 nitrogen and oxygen atoms in total. The number of pyridine rings is 1. The van der Waals surface area contributed by atoms with Gasteiger partial charge in [-0.3, -0.25) is 14.5 Å². The number of carbonyl (C=O) groups is 2. The van der Waals surface area contributed by atoms with E-state index >= 15 is 0 Å². The van der Waals surface area contributed by atoms with Crippen molar-refractivity contribution in [1.29, 1.82) is 0 Å². The van der Waals surface area contributed by atoms with Crippen molar-refractivity contribution in [3.8, 4) is 0 Å². The van der Waals surface area contributed by atoms with E-state index in [4.69, 9.17) is 22.4 Å². The first kappa shape index (κ1) is 19.1. The number of nitrogens with zero attached hydrogens (tertiary/aromatic N) is 2. The minimum absolute atomic E-state index is 0.192. The summed E-state index contributed by atoms with van der Waals surface area (Å²) in [7, 11) is 0. The first-order valence-electron chi connectivity index (χ1n) is 8.41. The first-order chi connectivity index (χ1) is 12.5. The number of fused-ring (bicyclic) bond motifs is 1. The van der Waals surface area contributed by atoms with E-state index in [0.717, 1.165) is 18.4 Å². The number of hydrogen-bond acceptors (Lipinski definition) is 5. The number of aromatic nitrogens is 1. The van der Waals surface area contributed by atoms with Gasteiger partial charge in [0.15, 0.2) is 18.9 Å². The molecule has 2 atom stereocenters. The maximum atomic E-state index is 12.0. The molecule has 26 heavy (non-hydrogen) atoms. The maximum absolute atomic E-state index is 12.0. The van der Waals surface area contributed by atoms with Crippen molar-refractivity contribution < 1.29 is 19.3 Å². The molecule has 2 aliphatic rings. The minimum atomic E-state index is -0.629. The third kappa shape index (κ3) is 3.86. The second-order valence-corrected chi connectivity index (χ2v) is 7.66. The molecule has 3 N–H and O–H groups in total.